The third kappa shape index (κ3) is 5.16. The molecule has 0 saturated carbocycles. The molecule has 2 aromatic carbocycles. The summed E-state index contributed by atoms with van der Waals surface area (Å²) < 4.78 is 17.1. The number of hydrogen-bond acceptors (Lipinski definition) is 7. The Kier molecular flexibility index (Phi) is 6.84. The first kappa shape index (κ1) is 22.0. The zero-order valence-electron chi connectivity index (χ0n) is 17.7. The van der Waals surface area contributed by atoms with E-state index in [4.69, 9.17) is 14.2 Å². The molecule has 0 aromatic heterocycles. The SMILES string of the molecule is CCCOc1ccc2c(c1)OCN(CCOc1ccc(CC3SC(=O)NC3=O)cc1)C2=O. The summed E-state index contributed by atoms with van der Waals surface area (Å²) in [5.41, 5.74) is 1.45. The van der Waals surface area contributed by atoms with E-state index in [-0.39, 0.29) is 23.8 Å². The first-order valence-electron chi connectivity index (χ1n) is 10.5. The maximum atomic E-state index is 12.7. The number of benzene rings is 2. The van der Waals surface area contributed by atoms with E-state index >= 15 is 0 Å². The molecule has 1 saturated heterocycles. The normalized spacial score (nSPS) is 17.6. The minimum Gasteiger partial charge on any atom is -0.493 e. The number of carbonyl (C=O) groups is 3. The van der Waals surface area contributed by atoms with Gasteiger partial charge in [-0.3, -0.25) is 19.7 Å². The van der Waals surface area contributed by atoms with Gasteiger partial charge in [-0.25, -0.2) is 0 Å². The molecule has 1 N–H and O–H groups in total. The van der Waals surface area contributed by atoms with Gasteiger partial charge in [-0.15, -0.1) is 0 Å². The summed E-state index contributed by atoms with van der Waals surface area (Å²) in [6.45, 7) is 3.51. The first-order valence-corrected chi connectivity index (χ1v) is 11.3. The van der Waals surface area contributed by atoms with Gasteiger partial charge >= 0.3 is 0 Å². The van der Waals surface area contributed by atoms with Crippen LogP contribution in [0.2, 0.25) is 0 Å². The van der Waals surface area contributed by atoms with Gasteiger partial charge in [0.15, 0.2) is 6.73 Å². The van der Waals surface area contributed by atoms with Gasteiger partial charge in [-0.05, 0) is 42.7 Å². The van der Waals surface area contributed by atoms with Gasteiger partial charge in [0, 0.05) is 6.07 Å². The van der Waals surface area contributed by atoms with E-state index < -0.39 is 5.25 Å². The highest BCUT2D eigenvalue weighted by molar-refractivity contribution is 8.15. The van der Waals surface area contributed by atoms with Crippen LogP contribution in [0.4, 0.5) is 4.79 Å². The Morgan fingerprint density at radius 2 is 1.81 bits per heavy atom. The summed E-state index contributed by atoms with van der Waals surface area (Å²) in [5.74, 6) is 1.54. The standard InChI is InChI=1S/C23H24N2O6S/c1-2-10-29-17-7-8-18-19(13-17)31-14-25(22(18)27)9-11-30-16-5-3-15(4-6-16)12-20-21(26)24-23(28)32-20/h3-8,13,20H,2,9-12,14H2,1H3,(H,24,26,28). The van der Waals surface area contributed by atoms with Crippen LogP contribution in [0.15, 0.2) is 42.5 Å². The Morgan fingerprint density at radius 3 is 2.53 bits per heavy atom. The molecule has 1 fully saturated rings. The molecule has 32 heavy (non-hydrogen) atoms. The highest BCUT2D eigenvalue weighted by Gasteiger charge is 2.31. The van der Waals surface area contributed by atoms with Crippen LogP contribution in [0.3, 0.4) is 0 Å². The van der Waals surface area contributed by atoms with E-state index in [1.54, 1.807) is 23.1 Å². The number of hydrogen-bond donors (Lipinski definition) is 1. The topological polar surface area (TPSA) is 94.2 Å². The number of thioether (sulfide) groups is 1. The molecule has 2 aliphatic heterocycles. The van der Waals surface area contributed by atoms with Gasteiger partial charge in [0.2, 0.25) is 5.91 Å². The van der Waals surface area contributed by atoms with E-state index in [9.17, 15) is 14.4 Å². The Hall–Kier alpha value is -3.20. The molecule has 2 heterocycles. The number of rotatable bonds is 9. The Morgan fingerprint density at radius 1 is 1.06 bits per heavy atom. The fourth-order valence-corrected chi connectivity index (χ4v) is 4.25. The van der Waals surface area contributed by atoms with Crippen molar-refractivity contribution in [3.05, 3.63) is 53.6 Å². The van der Waals surface area contributed by atoms with E-state index in [1.807, 2.05) is 31.2 Å². The van der Waals surface area contributed by atoms with Gasteiger partial charge in [0.25, 0.3) is 11.1 Å². The van der Waals surface area contributed by atoms with E-state index in [1.165, 1.54) is 0 Å². The summed E-state index contributed by atoms with van der Waals surface area (Å²) in [5, 5.41) is 1.60. The number of nitrogens with one attached hydrogen (secondary N) is 1. The Bertz CT molecular complexity index is 1010. The third-order valence-corrected chi connectivity index (χ3v) is 6.04. The lowest BCUT2D eigenvalue weighted by molar-refractivity contribution is -0.118. The van der Waals surface area contributed by atoms with Crippen LogP contribution in [0, 0.1) is 0 Å². The second-order valence-corrected chi connectivity index (χ2v) is 8.60. The second-order valence-electron chi connectivity index (χ2n) is 7.43. The highest BCUT2D eigenvalue weighted by atomic mass is 32.2. The lowest BCUT2D eigenvalue weighted by Gasteiger charge is -2.29. The summed E-state index contributed by atoms with van der Waals surface area (Å²) in [6.07, 6.45) is 1.39. The number of nitrogens with zero attached hydrogens (tertiary/aromatic N) is 1. The molecule has 2 aliphatic rings. The molecule has 3 amide bonds. The first-order chi connectivity index (χ1) is 15.5. The zero-order chi connectivity index (χ0) is 22.5. The predicted octanol–water partition coefficient (Wildman–Crippen LogP) is 3.24. The van der Waals surface area contributed by atoms with Crippen LogP contribution in [-0.4, -0.2) is 53.7 Å². The van der Waals surface area contributed by atoms with Crippen LogP contribution in [0.25, 0.3) is 0 Å². The Labute approximate surface area is 190 Å². The Balaban J connectivity index is 1.26. The van der Waals surface area contributed by atoms with Gasteiger partial charge in [-0.1, -0.05) is 30.8 Å². The molecule has 0 spiro atoms. The molecule has 9 heteroatoms. The summed E-state index contributed by atoms with van der Waals surface area (Å²) >= 11 is 1.01. The maximum absolute atomic E-state index is 12.7. The van der Waals surface area contributed by atoms with Crippen LogP contribution in [-0.2, 0) is 11.2 Å². The van der Waals surface area contributed by atoms with Crippen molar-refractivity contribution < 1.29 is 28.6 Å². The van der Waals surface area contributed by atoms with Gasteiger partial charge in [0.05, 0.1) is 24.0 Å². The molecule has 4 rings (SSSR count). The van der Waals surface area contributed by atoms with Crippen molar-refractivity contribution >= 4 is 28.8 Å². The van der Waals surface area contributed by atoms with Crippen LogP contribution in [0.5, 0.6) is 17.2 Å². The predicted molar refractivity (Wildman–Crippen MR) is 119 cm³/mol. The van der Waals surface area contributed by atoms with Crippen molar-refractivity contribution in [2.75, 3.05) is 26.5 Å². The summed E-state index contributed by atoms with van der Waals surface area (Å²) in [7, 11) is 0. The summed E-state index contributed by atoms with van der Waals surface area (Å²) in [4.78, 5) is 37.3. The van der Waals surface area contributed by atoms with Crippen molar-refractivity contribution in [3.63, 3.8) is 0 Å². The quantitative estimate of drug-likeness (QED) is 0.619. The lowest BCUT2D eigenvalue weighted by atomic mass is 10.1. The van der Waals surface area contributed by atoms with Crippen LogP contribution in [0.1, 0.15) is 29.3 Å². The van der Waals surface area contributed by atoms with E-state index in [2.05, 4.69) is 5.32 Å². The van der Waals surface area contributed by atoms with Crippen molar-refractivity contribution in [2.24, 2.45) is 0 Å². The molecule has 1 unspecified atom stereocenters. The summed E-state index contributed by atoms with van der Waals surface area (Å²) in [6, 6.07) is 12.6. The number of imide groups is 1. The van der Waals surface area contributed by atoms with Gasteiger partial charge < -0.3 is 19.1 Å². The molecular weight excluding hydrogens is 432 g/mol. The average molecular weight is 457 g/mol. The molecular formula is C23H24N2O6S. The van der Waals surface area contributed by atoms with Crippen LogP contribution >= 0.6 is 11.8 Å². The minimum atomic E-state index is -0.392. The zero-order valence-corrected chi connectivity index (χ0v) is 18.5. The van der Waals surface area contributed by atoms with Crippen molar-refractivity contribution in [1.29, 1.82) is 0 Å². The molecule has 0 radical (unpaired) electrons. The van der Waals surface area contributed by atoms with E-state index in [0.29, 0.717) is 49.0 Å². The van der Waals surface area contributed by atoms with Crippen molar-refractivity contribution in [1.82, 2.24) is 10.2 Å². The fraction of sp³-hybridized carbons (Fsp3) is 0.348. The lowest BCUT2D eigenvalue weighted by Crippen LogP contribution is -2.41. The van der Waals surface area contributed by atoms with Crippen LogP contribution < -0.4 is 19.5 Å². The number of ether oxygens (including phenoxy) is 3. The average Bonchev–Trinajstić information content (AvgIpc) is 3.11. The largest absolute Gasteiger partial charge is 0.493 e. The van der Waals surface area contributed by atoms with Gasteiger partial charge in [-0.2, -0.15) is 0 Å². The third-order valence-electron chi connectivity index (χ3n) is 5.06. The molecule has 168 valence electrons. The fourth-order valence-electron chi connectivity index (χ4n) is 3.39. The molecule has 0 aliphatic carbocycles. The van der Waals surface area contributed by atoms with Gasteiger partial charge in [0.1, 0.15) is 23.9 Å². The monoisotopic (exact) mass is 456 g/mol. The maximum Gasteiger partial charge on any atom is 0.286 e. The minimum absolute atomic E-state index is 0.103. The highest BCUT2D eigenvalue weighted by Crippen LogP contribution is 2.29. The molecule has 8 nitrogen and oxygen atoms in total. The number of fused-ring (bicyclic) bond motifs is 1. The van der Waals surface area contributed by atoms with Crippen molar-refractivity contribution in [2.45, 2.75) is 25.0 Å². The smallest absolute Gasteiger partial charge is 0.286 e. The molecule has 1 atom stereocenters. The van der Waals surface area contributed by atoms with E-state index in [0.717, 1.165) is 23.7 Å². The molecule has 0 bridgehead atoms. The second kappa shape index (κ2) is 9.95. The number of amides is 3. The van der Waals surface area contributed by atoms with Crippen molar-refractivity contribution in [3.8, 4) is 17.2 Å². The number of carbonyl (C=O) groups excluding carboxylic acids is 3. The molecule has 2 aromatic rings.